The SMILES string of the molecule is C=C(CC(C)(C)c1ccccc1)C(C)=O. The number of hydrogen-bond donors (Lipinski definition) is 0. The molecule has 0 bridgehead atoms. The van der Waals surface area contributed by atoms with Crippen LogP contribution < -0.4 is 0 Å². The van der Waals surface area contributed by atoms with Gasteiger partial charge in [-0.05, 0) is 29.9 Å². The Bertz CT molecular complexity index is 360. The molecule has 0 atom stereocenters. The van der Waals surface area contributed by atoms with Crippen molar-refractivity contribution in [1.29, 1.82) is 0 Å². The van der Waals surface area contributed by atoms with Crippen molar-refractivity contribution in [2.75, 3.05) is 0 Å². The lowest BCUT2D eigenvalue weighted by molar-refractivity contribution is -0.113. The minimum Gasteiger partial charge on any atom is -0.295 e. The molecule has 15 heavy (non-hydrogen) atoms. The van der Waals surface area contributed by atoms with E-state index in [0.717, 1.165) is 0 Å². The van der Waals surface area contributed by atoms with Gasteiger partial charge in [0.05, 0.1) is 0 Å². The summed E-state index contributed by atoms with van der Waals surface area (Å²) in [5.41, 5.74) is 1.92. The molecule has 1 heteroatoms. The van der Waals surface area contributed by atoms with Crippen LogP contribution in [0.1, 0.15) is 32.8 Å². The van der Waals surface area contributed by atoms with Gasteiger partial charge in [-0.1, -0.05) is 50.8 Å². The number of rotatable bonds is 4. The molecular formula is C14H18O. The van der Waals surface area contributed by atoms with E-state index in [9.17, 15) is 4.79 Å². The highest BCUT2D eigenvalue weighted by Gasteiger charge is 2.22. The Morgan fingerprint density at radius 2 is 1.80 bits per heavy atom. The maximum atomic E-state index is 11.2. The van der Waals surface area contributed by atoms with Crippen molar-refractivity contribution in [2.45, 2.75) is 32.6 Å². The molecule has 0 heterocycles. The van der Waals surface area contributed by atoms with Crippen molar-refractivity contribution in [2.24, 2.45) is 0 Å². The Morgan fingerprint density at radius 3 is 2.27 bits per heavy atom. The van der Waals surface area contributed by atoms with Gasteiger partial charge in [0.15, 0.2) is 5.78 Å². The number of carbonyl (C=O) groups is 1. The lowest BCUT2D eigenvalue weighted by Crippen LogP contribution is -2.19. The minimum absolute atomic E-state index is 0.0238. The van der Waals surface area contributed by atoms with E-state index in [4.69, 9.17) is 0 Å². The predicted octanol–water partition coefficient (Wildman–Crippen LogP) is 3.50. The maximum absolute atomic E-state index is 11.2. The van der Waals surface area contributed by atoms with Crippen molar-refractivity contribution >= 4 is 5.78 Å². The second kappa shape index (κ2) is 4.43. The molecule has 1 aromatic rings. The van der Waals surface area contributed by atoms with Gasteiger partial charge in [-0.3, -0.25) is 4.79 Å². The number of benzene rings is 1. The fourth-order valence-corrected chi connectivity index (χ4v) is 1.65. The zero-order chi connectivity index (χ0) is 11.5. The first-order valence-electron chi connectivity index (χ1n) is 5.18. The highest BCUT2D eigenvalue weighted by atomic mass is 16.1. The average Bonchev–Trinajstić information content (AvgIpc) is 2.18. The van der Waals surface area contributed by atoms with Crippen molar-refractivity contribution in [3.63, 3.8) is 0 Å². The van der Waals surface area contributed by atoms with Crippen LogP contribution in [-0.2, 0) is 10.2 Å². The Morgan fingerprint density at radius 1 is 1.27 bits per heavy atom. The van der Waals surface area contributed by atoms with Gasteiger partial charge in [-0.25, -0.2) is 0 Å². The van der Waals surface area contributed by atoms with E-state index < -0.39 is 0 Å². The first-order chi connectivity index (χ1) is 6.93. The molecular weight excluding hydrogens is 184 g/mol. The fourth-order valence-electron chi connectivity index (χ4n) is 1.65. The molecule has 0 saturated carbocycles. The summed E-state index contributed by atoms with van der Waals surface area (Å²) in [6.45, 7) is 9.66. The topological polar surface area (TPSA) is 17.1 Å². The summed E-state index contributed by atoms with van der Waals surface area (Å²) in [7, 11) is 0. The second-order valence-corrected chi connectivity index (χ2v) is 4.59. The van der Waals surface area contributed by atoms with Crippen LogP contribution in [0.3, 0.4) is 0 Å². The molecule has 0 aliphatic carbocycles. The summed E-state index contributed by atoms with van der Waals surface area (Å²) < 4.78 is 0. The molecule has 0 aromatic heterocycles. The van der Waals surface area contributed by atoms with Crippen LogP contribution in [-0.4, -0.2) is 5.78 Å². The summed E-state index contributed by atoms with van der Waals surface area (Å²) in [5, 5.41) is 0. The van der Waals surface area contributed by atoms with E-state index in [1.54, 1.807) is 6.92 Å². The van der Waals surface area contributed by atoms with Gasteiger partial charge < -0.3 is 0 Å². The number of hydrogen-bond acceptors (Lipinski definition) is 1. The smallest absolute Gasteiger partial charge is 0.155 e. The third-order valence-corrected chi connectivity index (χ3v) is 2.71. The van der Waals surface area contributed by atoms with E-state index in [1.165, 1.54) is 5.56 Å². The highest BCUT2D eigenvalue weighted by molar-refractivity contribution is 5.92. The average molecular weight is 202 g/mol. The molecule has 0 fully saturated rings. The molecule has 1 rings (SSSR count). The fraction of sp³-hybridized carbons (Fsp3) is 0.357. The number of ketones is 1. The number of carbonyl (C=O) groups excluding carboxylic acids is 1. The normalized spacial score (nSPS) is 11.1. The van der Waals surface area contributed by atoms with Crippen LogP contribution in [0.4, 0.5) is 0 Å². The van der Waals surface area contributed by atoms with Crippen molar-refractivity contribution in [3.8, 4) is 0 Å². The molecule has 0 aliphatic rings. The van der Waals surface area contributed by atoms with E-state index >= 15 is 0 Å². The number of allylic oxidation sites excluding steroid dienone is 1. The van der Waals surface area contributed by atoms with Gasteiger partial charge >= 0.3 is 0 Å². The molecule has 1 nitrogen and oxygen atoms in total. The van der Waals surface area contributed by atoms with Gasteiger partial charge in [0.25, 0.3) is 0 Å². The van der Waals surface area contributed by atoms with Crippen LogP contribution in [0.5, 0.6) is 0 Å². The third kappa shape index (κ3) is 3.05. The van der Waals surface area contributed by atoms with Gasteiger partial charge in [0, 0.05) is 0 Å². The lowest BCUT2D eigenvalue weighted by atomic mass is 9.79. The Hall–Kier alpha value is -1.37. The Labute approximate surface area is 91.8 Å². The van der Waals surface area contributed by atoms with Crippen LogP contribution in [0, 0.1) is 0 Å². The molecule has 0 amide bonds. The van der Waals surface area contributed by atoms with E-state index in [-0.39, 0.29) is 11.2 Å². The minimum atomic E-state index is -0.0238. The van der Waals surface area contributed by atoms with Crippen LogP contribution in [0.15, 0.2) is 42.5 Å². The Balaban J connectivity index is 2.85. The predicted molar refractivity (Wildman–Crippen MR) is 63.9 cm³/mol. The monoisotopic (exact) mass is 202 g/mol. The van der Waals surface area contributed by atoms with Gasteiger partial charge in [0.2, 0.25) is 0 Å². The molecule has 0 saturated heterocycles. The van der Waals surface area contributed by atoms with E-state index in [2.05, 4.69) is 32.6 Å². The first kappa shape index (κ1) is 11.7. The molecule has 1 aromatic carbocycles. The number of Topliss-reactive ketones (excluding diaryl/α,β-unsaturated/α-hetero) is 1. The van der Waals surface area contributed by atoms with Crippen LogP contribution in [0.2, 0.25) is 0 Å². The second-order valence-electron chi connectivity index (χ2n) is 4.59. The van der Waals surface area contributed by atoms with Crippen molar-refractivity contribution < 1.29 is 4.79 Å². The molecule has 0 N–H and O–H groups in total. The maximum Gasteiger partial charge on any atom is 0.155 e. The summed E-state index contributed by atoms with van der Waals surface area (Å²) in [6.07, 6.45) is 0.715. The Kier molecular flexibility index (Phi) is 3.46. The zero-order valence-electron chi connectivity index (χ0n) is 9.71. The van der Waals surface area contributed by atoms with Gasteiger partial charge in [0.1, 0.15) is 0 Å². The summed E-state index contributed by atoms with van der Waals surface area (Å²) >= 11 is 0. The van der Waals surface area contributed by atoms with Gasteiger partial charge in [-0.2, -0.15) is 0 Å². The molecule has 0 aliphatic heterocycles. The summed E-state index contributed by atoms with van der Waals surface area (Å²) in [4.78, 5) is 11.2. The third-order valence-electron chi connectivity index (χ3n) is 2.71. The van der Waals surface area contributed by atoms with Crippen LogP contribution >= 0.6 is 0 Å². The van der Waals surface area contributed by atoms with E-state index in [0.29, 0.717) is 12.0 Å². The van der Waals surface area contributed by atoms with E-state index in [1.807, 2.05) is 18.2 Å². The molecule has 0 unspecified atom stereocenters. The van der Waals surface area contributed by atoms with Crippen molar-refractivity contribution in [1.82, 2.24) is 0 Å². The first-order valence-corrected chi connectivity index (χ1v) is 5.18. The van der Waals surface area contributed by atoms with Gasteiger partial charge in [-0.15, -0.1) is 0 Å². The molecule has 0 spiro atoms. The molecule has 80 valence electrons. The summed E-state index contributed by atoms with van der Waals surface area (Å²) in [6, 6.07) is 10.2. The van der Waals surface area contributed by atoms with Crippen molar-refractivity contribution in [3.05, 3.63) is 48.0 Å². The molecule has 0 radical (unpaired) electrons. The zero-order valence-corrected chi connectivity index (χ0v) is 9.71. The largest absolute Gasteiger partial charge is 0.295 e. The standard InChI is InChI=1S/C14H18O/c1-11(12(2)15)10-14(3,4)13-8-6-5-7-9-13/h5-9H,1,10H2,2-4H3. The lowest BCUT2D eigenvalue weighted by Gasteiger charge is -2.25. The van der Waals surface area contributed by atoms with Crippen LogP contribution in [0.25, 0.3) is 0 Å². The summed E-state index contributed by atoms with van der Waals surface area (Å²) in [5.74, 6) is 0.0824. The highest BCUT2D eigenvalue weighted by Crippen LogP contribution is 2.29. The quantitative estimate of drug-likeness (QED) is 0.683.